The van der Waals surface area contributed by atoms with Crippen molar-refractivity contribution in [1.82, 2.24) is 24.8 Å². The first-order chi connectivity index (χ1) is 21.6. The first-order valence-corrected chi connectivity index (χ1v) is 14.4. The highest BCUT2D eigenvalue weighted by Gasteiger charge is 2.19. The molecule has 3 aromatic carbocycles. The predicted molar refractivity (Wildman–Crippen MR) is 178 cm³/mol. The summed E-state index contributed by atoms with van der Waals surface area (Å²) in [5, 5.41) is 3.00. The van der Waals surface area contributed by atoms with E-state index in [2.05, 4.69) is 16.9 Å². The molecule has 8 nitrogen and oxygen atoms in total. The van der Waals surface area contributed by atoms with Crippen LogP contribution in [-0.2, 0) is 6.54 Å². The van der Waals surface area contributed by atoms with E-state index >= 15 is 0 Å². The van der Waals surface area contributed by atoms with Crippen molar-refractivity contribution in [2.24, 2.45) is 0 Å². The van der Waals surface area contributed by atoms with Crippen molar-refractivity contribution in [3.63, 3.8) is 0 Å². The second kappa shape index (κ2) is 13.5. The van der Waals surface area contributed by atoms with Crippen LogP contribution in [0.1, 0.15) is 35.3 Å². The summed E-state index contributed by atoms with van der Waals surface area (Å²) in [4.78, 5) is 27.2. The Kier molecular flexibility index (Phi) is 9.10. The zero-order valence-electron chi connectivity index (χ0n) is 25.0. The van der Waals surface area contributed by atoms with Gasteiger partial charge in [-0.05, 0) is 54.1 Å². The molecule has 0 bridgehead atoms. The summed E-state index contributed by atoms with van der Waals surface area (Å²) >= 11 is 0. The number of nitrogens with one attached hydrogen (secondary N) is 1. The number of nitrogen functional groups attached to an aromatic ring is 1. The van der Waals surface area contributed by atoms with Gasteiger partial charge in [0.25, 0.3) is 5.91 Å². The van der Waals surface area contributed by atoms with Crippen molar-refractivity contribution >= 4 is 29.0 Å². The first-order valence-electron chi connectivity index (χ1n) is 14.4. The van der Waals surface area contributed by atoms with E-state index in [9.17, 15) is 4.79 Å². The van der Waals surface area contributed by atoms with Crippen LogP contribution in [0.25, 0.3) is 45.6 Å². The molecule has 0 saturated carbocycles. The Morgan fingerprint density at radius 1 is 0.932 bits per heavy atom. The van der Waals surface area contributed by atoms with Gasteiger partial charge < -0.3 is 15.8 Å². The zero-order valence-corrected chi connectivity index (χ0v) is 25.0. The van der Waals surface area contributed by atoms with Gasteiger partial charge in [0, 0.05) is 29.6 Å². The third-order valence-electron chi connectivity index (χ3n) is 7.04. The standard InChI is InChI=1S/C34H28N6O2.C2H6/c1-3-25-26(11-7-13-30(25)42-2)34(41)37-21-22-14-16-24(17-15-22)40-32(27-12-8-20-36-31(27)35)39-29-19-18-28(38-33(29)40)23-9-5-4-6-10-23;1-2/h3-20H,1,21H2,2H3,(H2,35,36)(H,37,41);1-2H3. The smallest absolute Gasteiger partial charge is 0.252 e. The number of nitrogens with two attached hydrogens (primary N) is 1. The van der Waals surface area contributed by atoms with Gasteiger partial charge in [0.1, 0.15) is 17.1 Å². The predicted octanol–water partition coefficient (Wildman–Crippen LogP) is 7.34. The molecular weight excluding hydrogens is 548 g/mol. The third kappa shape index (κ3) is 5.91. The van der Waals surface area contributed by atoms with Crippen LogP contribution in [0.15, 0.2) is 110 Å². The lowest BCUT2D eigenvalue weighted by molar-refractivity contribution is 0.0950. The summed E-state index contributed by atoms with van der Waals surface area (Å²) in [6.07, 6.45) is 3.28. The average Bonchev–Trinajstić information content (AvgIpc) is 3.47. The molecule has 0 atom stereocenters. The summed E-state index contributed by atoms with van der Waals surface area (Å²) in [5.74, 6) is 1.42. The summed E-state index contributed by atoms with van der Waals surface area (Å²) in [7, 11) is 1.57. The molecule has 220 valence electrons. The highest BCUT2D eigenvalue weighted by molar-refractivity contribution is 5.98. The zero-order chi connectivity index (χ0) is 31.1. The van der Waals surface area contributed by atoms with Gasteiger partial charge >= 0.3 is 0 Å². The highest BCUT2D eigenvalue weighted by atomic mass is 16.5. The Morgan fingerprint density at radius 2 is 1.70 bits per heavy atom. The molecule has 0 radical (unpaired) electrons. The van der Waals surface area contributed by atoms with Crippen LogP contribution in [0.5, 0.6) is 5.75 Å². The van der Waals surface area contributed by atoms with Crippen LogP contribution in [0, 0.1) is 0 Å². The fourth-order valence-electron chi connectivity index (χ4n) is 4.93. The van der Waals surface area contributed by atoms with Crippen molar-refractivity contribution in [1.29, 1.82) is 0 Å². The number of aromatic nitrogens is 4. The van der Waals surface area contributed by atoms with Gasteiger partial charge in [0.2, 0.25) is 0 Å². The maximum absolute atomic E-state index is 13.0. The fourth-order valence-corrected chi connectivity index (χ4v) is 4.93. The van der Waals surface area contributed by atoms with Crippen molar-refractivity contribution in [3.8, 4) is 34.1 Å². The topological polar surface area (TPSA) is 108 Å². The average molecular weight is 583 g/mol. The number of ether oxygens (including phenoxy) is 1. The van der Waals surface area contributed by atoms with Crippen LogP contribution < -0.4 is 15.8 Å². The van der Waals surface area contributed by atoms with Crippen molar-refractivity contribution < 1.29 is 9.53 Å². The largest absolute Gasteiger partial charge is 0.496 e. The van der Waals surface area contributed by atoms with E-state index in [1.54, 1.807) is 37.6 Å². The molecule has 0 unspecified atom stereocenters. The van der Waals surface area contributed by atoms with Crippen LogP contribution in [0.2, 0.25) is 0 Å². The van der Waals surface area contributed by atoms with E-state index in [1.807, 2.05) is 97.3 Å². The normalized spacial score (nSPS) is 10.5. The SMILES string of the molecule is C=Cc1c(OC)cccc1C(=O)NCc1ccc(-n2c(-c3cccnc3N)nc3ccc(-c4ccccc4)nc32)cc1.CC. The van der Waals surface area contributed by atoms with Gasteiger partial charge in [-0.1, -0.05) is 75.0 Å². The van der Waals surface area contributed by atoms with Crippen LogP contribution in [-0.4, -0.2) is 32.5 Å². The summed E-state index contributed by atoms with van der Waals surface area (Å²) < 4.78 is 7.36. The van der Waals surface area contributed by atoms with Crippen molar-refractivity contribution in [2.45, 2.75) is 20.4 Å². The molecule has 1 amide bonds. The summed E-state index contributed by atoms with van der Waals surface area (Å²) in [5.41, 5.74) is 13.2. The number of nitrogens with zero attached hydrogens (tertiary/aromatic N) is 4. The van der Waals surface area contributed by atoms with Gasteiger partial charge in [-0.3, -0.25) is 9.36 Å². The number of fused-ring (bicyclic) bond motifs is 1. The summed E-state index contributed by atoms with van der Waals surface area (Å²) in [6.45, 7) is 8.17. The van der Waals surface area contributed by atoms with Crippen LogP contribution in [0.3, 0.4) is 0 Å². The van der Waals surface area contributed by atoms with Crippen molar-refractivity contribution in [2.75, 3.05) is 12.8 Å². The van der Waals surface area contributed by atoms with E-state index in [0.29, 0.717) is 46.3 Å². The molecule has 0 aliphatic carbocycles. The number of carbonyl (C=O) groups is 1. The maximum Gasteiger partial charge on any atom is 0.252 e. The van der Waals surface area contributed by atoms with Gasteiger partial charge in [0.05, 0.1) is 23.9 Å². The van der Waals surface area contributed by atoms with Gasteiger partial charge in [-0.2, -0.15) is 0 Å². The Hall–Kier alpha value is -5.76. The number of amides is 1. The Balaban J connectivity index is 0.00000188. The van der Waals surface area contributed by atoms with E-state index in [1.165, 1.54) is 0 Å². The number of carbonyl (C=O) groups excluding carboxylic acids is 1. The van der Waals surface area contributed by atoms with Gasteiger partial charge in [-0.25, -0.2) is 15.0 Å². The van der Waals surface area contributed by atoms with E-state index in [4.69, 9.17) is 20.4 Å². The minimum Gasteiger partial charge on any atom is -0.496 e. The first kappa shape index (κ1) is 29.7. The number of methoxy groups -OCH3 is 1. The molecule has 3 aromatic heterocycles. The molecule has 6 aromatic rings. The molecule has 6 rings (SSSR count). The number of hydrogen-bond donors (Lipinski definition) is 2. The number of benzene rings is 3. The minimum atomic E-state index is -0.208. The maximum atomic E-state index is 13.0. The number of pyridine rings is 2. The third-order valence-corrected chi connectivity index (χ3v) is 7.04. The molecular formula is C36H34N6O2. The van der Waals surface area contributed by atoms with Crippen LogP contribution >= 0.6 is 0 Å². The lowest BCUT2D eigenvalue weighted by Gasteiger charge is -2.13. The van der Waals surface area contributed by atoms with E-state index in [0.717, 1.165) is 28.0 Å². The minimum absolute atomic E-state index is 0.208. The molecule has 8 heteroatoms. The molecule has 3 N–H and O–H groups in total. The lowest BCUT2D eigenvalue weighted by atomic mass is 10.1. The molecule has 44 heavy (non-hydrogen) atoms. The molecule has 0 fully saturated rings. The monoisotopic (exact) mass is 582 g/mol. The van der Waals surface area contributed by atoms with Gasteiger partial charge in [0.15, 0.2) is 11.5 Å². The number of anilines is 1. The molecule has 3 heterocycles. The Morgan fingerprint density at radius 3 is 2.41 bits per heavy atom. The Labute approximate surface area is 256 Å². The quantitative estimate of drug-likeness (QED) is 0.194. The number of imidazole rings is 1. The molecule has 0 spiro atoms. The highest BCUT2D eigenvalue weighted by Crippen LogP contribution is 2.32. The van der Waals surface area contributed by atoms with E-state index in [-0.39, 0.29) is 5.91 Å². The van der Waals surface area contributed by atoms with Crippen molar-refractivity contribution in [3.05, 3.63) is 127 Å². The van der Waals surface area contributed by atoms with Crippen LogP contribution in [0.4, 0.5) is 5.82 Å². The van der Waals surface area contributed by atoms with E-state index < -0.39 is 0 Å². The second-order valence-corrected chi connectivity index (χ2v) is 9.59. The summed E-state index contributed by atoms with van der Waals surface area (Å²) in [6, 6.07) is 30.9. The number of hydrogen-bond acceptors (Lipinski definition) is 6. The number of rotatable bonds is 8. The molecule has 0 saturated heterocycles. The molecule has 0 aliphatic heterocycles. The fraction of sp³-hybridized carbons (Fsp3) is 0.111. The molecule has 0 aliphatic rings. The van der Waals surface area contributed by atoms with Gasteiger partial charge in [-0.15, -0.1) is 0 Å². The second-order valence-electron chi connectivity index (χ2n) is 9.59. The lowest BCUT2D eigenvalue weighted by Crippen LogP contribution is -2.23. The Bertz CT molecular complexity index is 1910.